The van der Waals surface area contributed by atoms with Gasteiger partial charge in [0.25, 0.3) is 0 Å². The zero-order chi connectivity index (χ0) is 12.1. The third kappa shape index (κ3) is 1.50. The van der Waals surface area contributed by atoms with Crippen LogP contribution >= 0.6 is 0 Å². The first kappa shape index (κ1) is 10.5. The second-order valence-electron chi connectivity index (χ2n) is 5.54. The first-order valence-electron chi connectivity index (χ1n) is 5.92. The molecule has 0 radical (unpaired) electrons. The van der Waals surface area contributed by atoms with Gasteiger partial charge < -0.3 is 5.73 Å². The van der Waals surface area contributed by atoms with E-state index in [4.69, 9.17) is 5.73 Å². The van der Waals surface area contributed by atoms with Gasteiger partial charge in [-0.1, -0.05) is 32.0 Å². The molecule has 0 saturated heterocycles. The number of nitrogens with zero attached hydrogens (tertiary/aromatic N) is 2. The molecule has 1 aromatic heterocycles. The molecular formula is C14H17N3. The van der Waals surface area contributed by atoms with Crippen molar-refractivity contribution in [3.63, 3.8) is 0 Å². The molecule has 1 fully saturated rings. The number of para-hydroxylation sites is 1. The van der Waals surface area contributed by atoms with E-state index in [2.05, 4.69) is 18.9 Å². The molecule has 1 unspecified atom stereocenters. The van der Waals surface area contributed by atoms with Gasteiger partial charge in [0.15, 0.2) is 0 Å². The van der Waals surface area contributed by atoms with Crippen LogP contribution in [0.5, 0.6) is 0 Å². The summed E-state index contributed by atoms with van der Waals surface area (Å²) in [5.74, 6) is 0. The van der Waals surface area contributed by atoms with E-state index in [9.17, 15) is 0 Å². The maximum Gasteiger partial charge on any atom is 0.0645 e. The fourth-order valence-electron chi connectivity index (χ4n) is 2.42. The molecule has 3 heteroatoms. The number of rotatable bonds is 2. The largest absolute Gasteiger partial charge is 0.321 e. The van der Waals surface area contributed by atoms with Crippen molar-refractivity contribution in [2.45, 2.75) is 25.8 Å². The van der Waals surface area contributed by atoms with Crippen molar-refractivity contribution in [3.8, 4) is 5.69 Å². The van der Waals surface area contributed by atoms with Crippen molar-refractivity contribution in [1.29, 1.82) is 0 Å². The van der Waals surface area contributed by atoms with Gasteiger partial charge in [-0.15, -0.1) is 0 Å². The van der Waals surface area contributed by atoms with Crippen molar-refractivity contribution in [2.75, 3.05) is 0 Å². The topological polar surface area (TPSA) is 43.8 Å². The van der Waals surface area contributed by atoms with Gasteiger partial charge in [-0.25, -0.2) is 4.68 Å². The first-order chi connectivity index (χ1) is 8.03. The lowest BCUT2D eigenvalue weighted by atomic mass is 10.0. The number of aromatic nitrogens is 2. The summed E-state index contributed by atoms with van der Waals surface area (Å²) in [5.41, 5.74) is 8.58. The molecule has 1 saturated carbocycles. The Hall–Kier alpha value is -1.61. The minimum Gasteiger partial charge on any atom is -0.321 e. The molecule has 2 aromatic rings. The molecule has 1 aliphatic rings. The molecule has 0 amide bonds. The van der Waals surface area contributed by atoms with Crippen LogP contribution in [0.2, 0.25) is 0 Å². The van der Waals surface area contributed by atoms with Gasteiger partial charge in [-0.2, -0.15) is 5.10 Å². The molecule has 1 aliphatic carbocycles. The van der Waals surface area contributed by atoms with Crippen LogP contribution in [-0.4, -0.2) is 9.78 Å². The third-order valence-corrected chi connectivity index (χ3v) is 3.92. The van der Waals surface area contributed by atoms with Gasteiger partial charge in [0.05, 0.1) is 11.9 Å². The molecule has 17 heavy (non-hydrogen) atoms. The predicted molar refractivity (Wildman–Crippen MR) is 67.8 cm³/mol. The normalized spacial score (nSPS) is 25.8. The van der Waals surface area contributed by atoms with Gasteiger partial charge >= 0.3 is 0 Å². The Balaban J connectivity index is 1.95. The minimum atomic E-state index is -0.194. The molecule has 3 nitrogen and oxygen atoms in total. The average Bonchev–Trinajstić information content (AvgIpc) is 2.72. The molecule has 3 rings (SSSR count). The predicted octanol–water partition coefficient (Wildman–Crippen LogP) is 2.46. The lowest BCUT2D eigenvalue weighted by Gasteiger charge is -2.12. The Bertz CT molecular complexity index is 542. The van der Waals surface area contributed by atoms with Crippen LogP contribution < -0.4 is 5.73 Å². The molecule has 1 aromatic carbocycles. The molecular weight excluding hydrogens is 210 g/mol. The highest BCUT2D eigenvalue weighted by Crippen LogP contribution is 2.60. The van der Waals surface area contributed by atoms with Crippen molar-refractivity contribution in [2.24, 2.45) is 11.1 Å². The quantitative estimate of drug-likeness (QED) is 0.856. The summed E-state index contributed by atoms with van der Waals surface area (Å²) in [6, 6.07) is 10.1. The summed E-state index contributed by atoms with van der Waals surface area (Å²) >= 11 is 0. The Kier molecular flexibility index (Phi) is 1.98. The first-order valence-corrected chi connectivity index (χ1v) is 5.92. The van der Waals surface area contributed by atoms with E-state index in [1.165, 1.54) is 0 Å². The minimum absolute atomic E-state index is 0.192. The highest BCUT2D eigenvalue weighted by atomic mass is 15.3. The van der Waals surface area contributed by atoms with E-state index in [-0.39, 0.29) is 11.0 Å². The molecule has 2 N–H and O–H groups in total. The number of nitrogens with two attached hydrogens (primary N) is 1. The van der Waals surface area contributed by atoms with Crippen molar-refractivity contribution < 1.29 is 0 Å². The van der Waals surface area contributed by atoms with E-state index in [0.29, 0.717) is 0 Å². The van der Waals surface area contributed by atoms with E-state index in [1.807, 2.05) is 47.4 Å². The Labute approximate surface area is 101 Å². The molecule has 0 bridgehead atoms. The van der Waals surface area contributed by atoms with Crippen LogP contribution in [0.3, 0.4) is 0 Å². The zero-order valence-electron chi connectivity index (χ0n) is 10.2. The van der Waals surface area contributed by atoms with Crippen LogP contribution in [0.4, 0.5) is 0 Å². The number of benzene rings is 1. The Morgan fingerprint density at radius 1 is 1.24 bits per heavy atom. The smallest absolute Gasteiger partial charge is 0.0645 e. The second-order valence-corrected chi connectivity index (χ2v) is 5.54. The summed E-state index contributed by atoms with van der Waals surface area (Å²) in [6.07, 6.45) is 4.96. The summed E-state index contributed by atoms with van der Waals surface area (Å²) in [7, 11) is 0. The second kappa shape index (κ2) is 3.20. The molecule has 1 heterocycles. The van der Waals surface area contributed by atoms with Gasteiger partial charge in [0.2, 0.25) is 0 Å². The van der Waals surface area contributed by atoms with Crippen molar-refractivity contribution >= 4 is 0 Å². The Morgan fingerprint density at radius 3 is 2.47 bits per heavy atom. The van der Waals surface area contributed by atoms with Crippen LogP contribution in [-0.2, 0) is 5.54 Å². The number of hydrogen-bond donors (Lipinski definition) is 1. The Morgan fingerprint density at radius 2 is 1.88 bits per heavy atom. The monoisotopic (exact) mass is 227 g/mol. The summed E-state index contributed by atoms with van der Waals surface area (Å²) in [6.45, 7) is 4.40. The summed E-state index contributed by atoms with van der Waals surface area (Å²) in [4.78, 5) is 0. The summed E-state index contributed by atoms with van der Waals surface area (Å²) in [5, 5.41) is 4.40. The van der Waals surface area contributed by atoms with E-state index in [0.717, 1.165) is 17.7 Å². The van der Waals surface area contributed by atoms with Crippen LogP contribution in [0.25, 0.3) is 5.69 Å². The van der Waals surface area contributed by atoms with E-state index < -0.39 is 0 Å². The maximum atomic E-state index is 6.38. The highest BCUT2D eigenvalue weighted by molar-refractivity contribution is 5.36. The van der Waals surface area contributed by atoms with E-state index >= 15 is 0 Å². The lowest BCUT2D eigenvalue weighted by molar-refractivity contribution is 0.510. The van der Waals surface area contributed by atoms with Crippen molar-refractivity contribution in [1.82, 2.24) is 9.78 Å². The SMILES string of the molecule is CC1(C)CC1(N)c1cnn(-c2ccccc2)c1. The fourth-order valence-corrected chi connectivity index (χ4v) is 2.42. The molecule has 88 valence electrons. The van der Waals surface area contributed by atoms with Gasteiger partial charge in [0, 0.05) is 17.3 Å². The third-order valence-electron chi connectivity index (χ3n) is 3.92. The number of hydrogen-bond acceptors (Lipinski definition) is 2. The van der Waals surface area contributed by atoms with E-state index in [1.54, 1.807) is 0 Å². The van der Waals surface area contributed by atoms with Gasteiger partial charge in [-0.05, 0) is 24.0 Å². The fraction of sp³-hybridized carbons (Fsp3) is 0.357. The molecule has 0 spiro atoms. The molecule has 0 aliphatic heterocycles. The van der Waals surface area contributed by atoms with Crippen molar-refractivity contribution in [3.05, 3.63) is 48.3 Å². The molecule has 1 atom stereocenters. The zero-order valence-corrected chi connectivity index (χ0v) is 10.2. The van der Waals surface area contributed by atoms with Gasteiger partial charge in [-0.3, -0.25) is 0 Å². The lowest BCUT2D eigenvalue weighted by Crippen LogP contribution is -2.24. The van der Waals surface area contributed by atoms with Crippen LogP contribution in [0.15, 0.2) is 42.7 Å². The van der Waals surface area contributed by atoms with Crippen LogP contribution in [0.1, 0.15) is 25.8 Å². The standard InChI is InChI=1S/C14H17N3/c1-13(2)10-14(13,15)11-8-16-17(9-11)12-6-4-3-5-7-12/h3-9H,10,15H2,1-2H3. The summed E-state index contributed by atoms with van der Waals surface area (Å²) < 4.78 is 1.89. The van der Waals surface area contributed by atoms with Crippen LogP contribution in [0, 0.1) is 5.41 Å². The average molecular weight is 227 g/mol. The maximum absolute atomic E-state index is 6.38. The van der Waals surface area contributed by atoms with Gasteiger partial charge in [0.1, 0.15) is 0 Å². The highest BCUT2D eigenvalue weighted by Gasteiger charge is 2.60.